The predicted molar refractivity (Wildman–Crippen MR) is 232 cm³/mol. The van der Waals surface area contributed by atoms with Gasteiger partial charge >= 0.3 is 11.4 Å². The zero-order valence-electron chi connectivity index (χ0n) is 35.5. The van der Waals surface area contributed by atoms with Gasteiger partial charge in [-0.15, -0.1) is 0 Å². The first-order valence-corrected chi connectivity index (χ1v) is 22.7. The fourth-order valence-corrected chi connectivity index (χ4v) is 10.7. The molecule has 0 spiro atoms. The van der Waals surface area contributed by atoms with Crippen LogP contribution in [0.2, 0.25) is 0 Å². The van der Waals surface area contributed by atoms with Crippen molar-refractivity contribution in [3.63, 3.8) is 0 Å². The van der Waals surface area contributed by atoms with E-state index in [4.69, 9.17) is 14.4 Å². The van der Waals surface area contributed by atoms with Crippen molar-refractivity contribution in [2.24, 2.45) is 0 Å². The van der Waals surface area contributed by atoms with Gasteiger partial charge in [0.25, 0.3) is 5.91 Å². The third-order valence-electron chi connectivity index (χ3n) is 14.6. The molecule has 1 N–H and O–H groups in total. The van der Waals surface area contributed by atoms with Crippen molar-refractivity contribution in [3.05, 3.63) is 145 Å². The van der Waals surface area contributed by atoms with Gasteiger partial charge in [-0.05, 0) is 130 Å². The maximum Gasteiger partial charge on any atom is 0.438 e. The number of amides is 1. The summed E-state index contributed by atoms with van der Waals surface area (Å²) in [7, 11) is 0. The van der Waals surface area contributed by atoms with Crippen LogP contribution in [-0.2, 0) is 16.6 Å². The topological polar surface area (TPSA) is 155 Å². The van der Waals surface area contributed by atoms with Gasteiger partial charge in [0, 0.05) is 61.5 Å². The molecule has 3 saturated carbocycles. The van der Waals surface area contributed by atoms with Gasteiger partial charge in [0.15, 0.2) is 11.6 Å². The van der Waals surface area contributed by atoms with Crippen LogP contribution in [0.5, 0.6) is 0 Å². The van der Waals surface area contributed by atoms with Gasteiger partial charge in [-0.2, -0.15) is 10.2 Å². The average molecular weight is 879 g/mol. The standard InChI is InChI=1S/C48H44F2N10O5/c1-26-40-37(11-17-55(26)44(61)34-24-32-22-29(27-12-20-64-21-13-27)10-16-56(32)42(34)48(14-15-48)45-52-46(62)65-54-45)53-60(31-6-7-36(49)33(23-31)28-2-3-28)43(40)58-19-18-57(47(58)63)39-9-8-38-35(41(39)50)25-51-59(38)30-4-5-30/h6-10,16,18-19,22-28,30H,2-5,11-15,17,20-21H2,1H3,(H,52,54,62)/t26-/m0/s1. The Hall–Kier alpha value is -6.88. The van der Waals surface area contributed by atoms with Gasteiger partial charge in [0.2, 0.25) is 0 Å². The summed E-state index contributed by atoms with van der Waals surface area (Å²) in [5.41, 5.74) is 5.19. The Bertz CT molecular complexity index is 3380. The maximum atomic E-state index is 16.4. The van der Waals surface area contributed by atoms with E-state index >= 15 is 13.6 Å². The van der Waals surface area contributed by atoms with E-state index < -0.39 is 28.7 Å². The number of halogens is 2. The first kappa shape index (κ1) is 38.6. The van der Waals surface area contributed by atoms with Crippen molar-refractivity contribution >= 4 is 22.3 Å². The third kappa shape index (κ3) is 5.93. The van der Waals surface area contributed by atoms with Crippen LogP contribution in [0.4, 0.5) is 8.78 Å². The molecule has 330 valence electrons. The SMILES string of the molecule is C[C@H]1c2c(nn(-c3ccc(F)c(C4CC4)c3)c2-n2ccn(-c3ccc4c(cnn4C4CC4)c3F)c2=O)CCN1C(=O)c1cc2cc(C3CCOCC3)ccn2c1C1(c2noc(=O)[nH]2)CC1. The number of fused-ring (bicyclic) bond motifs is 3. The summed E-state index contributed by atoms with van der Waals surface area (Å²) in [4.78, 5) is 47.1. The lowest BCUT2D eigenvalue weighted by Crippen LogP contribution is -2.40. The highest BCUT2D eigenvalue weighted by atomic mass is 19.1. The molecule has 8 heterocycles. The molecule has 1 saturated heterocycles. The molecule has 0 radical (unpaired) electrons. The summed E-state index contributed by atoms with van der Waals surface area (Å²) in [6.07, 6.45) is 13.9. The number of imidazole rings is 1. The number of rotatable bonds is 9. The minimum atomic E-state index is -0.753. The normalized spacial score (nSPS) is 19.7. The molecular formula is C48H44F2N10O5. The molecule has 6 aromatic heterocycles. The van der Waals surface area contributed by atoms with Crippen LogP contribution < -0.4 is 11.4 Å². The number of carbonyl (C=O) groups excluding carboxylic acids is 1. The Morgan fingerprint density at radius 2 is 1.72 bits per heavy atom. The van der Waals surface area contributed by atoms with Gasteiger partial charge in [0.1, 0.15) is 11.6 Å². The average Bonchev–Trinajstić information content (AvgIpc) is 4.29. The van der Waals surface area contributed by atoms with Crippen molar-refractivity contribution in [1.29, 1.82) is 0 Å². The predicted octanol–water partition coefficient (Wildman–Crippen LogP) is 7.32. The van der Waals surface area contributed by atoms with Crippen LogP contribution in [0.25, 0.3) is 33.6 Å². The highest BCUT2D eigenvalue weighted by Gasteiger charge is 2.54. The molecule has 2 aromatic carbocycles. The monoisotopic (exact) mass is 878 g/mol. The highest BCUT2D eigenvalue weighted by Crippen LogP contribution is 2.54. The number of benzene rings is 2. The van der Waals surface area contributed by atoms with Crippen LogP contribution in [-0.4, -0.2) is 73.8 Å². The van der Waals surface area contributed by atoms with E-state index in [1.54, 1.807) is 35.1 Å². The van der Waals surface area contributed by atoms with E-state index in [2.05, 4.69) is 27.4 Å². The second kappa shape index (κ2) is 14.1. The van der Waals surface area contributed by atoms with Crippen molar-refractivity contribution in [2.45, 2.75) is 94.0 Å². The minimum Gasteiger partial charge on any atom is -0.381 e. The second-order valence-electron chi connectivity index (χ2n) is 18.5. The minimum absolute atomic E-state index is 0.0786. The number of carbonyl (C=O) groups is 1. The molecule has 0 unspecified atom stereocenters. The first-order valence-electron chi connectivity index (χ1n) is 22.7. The van der Waals surface area contributed by atoms with Gasteiger partial charge in [-0.25, -0.2) is 23.1 Å². The molecule has 1 atom stereocenters. The highest BCUT2D eigenvalue weighted by molar-refractivity contribution is 5.98. The van der Waals surface area contributed by atoms with Gasteiger partial charge < -0.3 is 14.0 Å². The molecule has 1 amide bonds. The molecule has 2 aliphatic heterocycles. The number of hydrogen-bond donors (Lipinski definition) is 1. The summed E-state index contributed by atoms with van der Waals surface area (Å²) in [5.74, 6) is -0.545. The Labute approximate surface area is 368 Å². The van der Waals surface area contributed by atoms with E-state index in [1.807, 2.05) is 33.2 Å². The van der Waals surface area contributed by atoms with Crippen LogP contribution in [0, 0.1) is 11.6 Å². The Morgan fingerprint density at radius 1 is 0.908 bits per heavy atom. The van der Waals surface area contributed by atoms with E-state index in [1.165, 1.54) is 33.2 Å². The number of pyridine rings is 1. The fourth-order valence-electron chi connectivity index (χ4n) is 10.7. The molecule has 5 aliphatic rings. The number of aromatic nitrogens is 9. The van der Waals surface area contributed by atoms with E-state index in [9.17, 15) is 9.59 Å². The summed E-state index contributed by atoms with van der Waals surface area (Å²) < 4.78 is 50.6. The quantitative estimate of drug-likeness (QED) is 0.158. The number of hydrogen-bond acceptors (Lipinski definition) is 8. The fraction of sp³-hybridized carbons (Fsp3) is 0.375. The molecular weight excluding hydrogens is 835 g/mol. The molecule has 13 rings (SSSR count). The number of aromatic amines is 1. The Balaban J connectivity index is 0.943. The lowest BCUT2D eigenvalue weighted by molar-refractivity contribution is 0.0675. The largest absolute Gasteiger partial charge is 0.438 e. The first-order chi connectivity index (χ1) is 31.7. The summed E-state index contributed by atoms with van der Waals surface area (Å²) in [6.45, 7) is 3.64. The lowest BCUT2D eigenvalue weighted by atomic mass is 9.92. The van der Waals surface area contributed by atoms with Gasteiger partial charge in [-0.3, -0.25) is 28.1 Å². The van der Waals surface area contributed by atoms with Crippen LogP contribution in [0.1, 0.15) is 126 Å². The lowest BCUT2D eigenvalue weighted by Gasteiger charge is -2.34. The zero-order chi connectivity index (χ0) is 43.9. The maximum absolute atomic E-state index is 16.4. The molecule has 15 nitrogen and oxygen atoms in total. The smallest absolute Gasteiger partial charge is 0.381 e. The van der Waals surface area contributed by atoms with Crippen LogP contribution >= 0.6 is 0 Å². The van der Waals surface area contributed by atoms with Gasteiger partial charge in [0.05, 0.1) is 57.2 Å². The Morgan fingerprint density at radius 3 is 2.48 bits per heavy atom. The van der Waals surface area contributed by atoms with Crippen molar-refractivity contribution < 1.29 is 22.8 Å². The van der Waals surface area contributed by atoms with Crippen molar-refractivity contribution in [3.8, 4) is 17.2 Å². The summed E-state index contributed by atoms with van der Waals surface area (Å²) >= 11 is 0. The number of H-pyrrole nitrogens is 1. The Kier molecular flexibility index (Phi) is 8.34. The number of ether oxygens (including phenoxy) is 1. The van der Waals surface area contributed by atoms with E-state index in [0.717, 1.165) is 49.7 Å². The summed E-state index contributed by atoms with van der Waals surface area (Å²) in [5, 5.41) is 14.0. The number of nitrogens with one attached hydrogen (secondary N) is 1. The number of nitrogens with zero attached hydrogens (tertiary/aromatic N) is 9. The molecule has 0 bridgehead atoms. The van der Waals surface area contributed by atoms with E-state index in [0.29, 0.717) is 95.6 Å². The van der Waals surface area contributed by atoms with Crippen LogP contribution in [0.15, 0.2) is 87.4 Å². The molecule has 65 heavy (non-hydrogen) atoms. The molecule has 3 aliphatic carbocycles. The molecule has 17 heteroatoms. The van der Waals surface area contributed by atoms with Crippen LogP contribution in [0.3, 0.4) is 0 Å². The van der Waals surface area contributed by atoms with Crippen molar-refractivity contribution in [1.82, 2.24) is 48.1 Å². The third-order valence-corrected chi connectivity index (χ3v) is 14.6. The van der Waals surface area contributed by atoms with E-state index in [-0.39, 0.29) is 29.4 Å². The van der Waals surface area contributed by atoms with Gasteiger partial charge in [-0.1, -0.05) is 5.16 Å². The summed E-state index contributed by atoms with van der Waals surface area (Å²) in [6, 6.07) is 14.1. The molecule has 4 fully saturated rings. The van der Waals surface area contributed by atoms with Crippen molar-refractivity contribution in [2.75, 3.05) is 19.8 Å². The molecule has 8 aromatic rings. The zero-order valence-corrected chi connectivity index (χ0v) is 35.5. The second-order valence-corrected chi connectivity index (χ2v) is 18.5.